The quantitative estimate of drug-likeness (QED) is 0.689. The van der Waals surface area contributed by atoms with Crippen LogP contribution in [0.15, 0.2) is 21.9 Å². The number of benzene rings is 1. The van der Waals surface area contributed by atoms with E-state index < -0.39 is 41.5 Å². The van der Waals surface area contributed by atoms with Gasteiger partial charge in [-0.05, 0) is 32.9 Å². The SMILES string of the molecule is CC(C)(C)N1c2cc(Cl)c(S(N)(=O)=O)cc2S(=O)(=O)NC1C(Cl)Cl. The molecule has 2 rings (SSSR count). The number of halogens is 3. The predicted octanol–water partition coefficient (Wildman–Crippen LogP) is 2.01. The topological polar surface area (TPSA) is 110 Å². The minimum atomic E-state index is -4.19. The van der Waals surface area contributed by atoms with Crippen molar-refractivity contribution in [3.63, 3.8) is 0 Å². The van der Waals surface area contributed by atoms with Gasteiger partial charge in [0, 0.05) is 5.54 Å². The van der Waals surface area contributed by atoms with Gasteiger partial charge in [0.15, 0.2) is 0 Å². The summed E-state index contributed by atoms with van der Waals surface area (Å²) in [5.74, 6) is 0. The maximum Gasteiger partial charge on any atom is 0.244 e. The van der Waals surface area contributed by atoms with Crippen molar-refractivity contribution in [3.8, 4) is 0 Å². The summed E-state index contributed by atoms with van der Waals surface area (Å²) in [5.41, 5.74) is -0.411. The zero-order chi connectivity index (χ0) is 18.7. The van der Waals surface area contributed by atoms with Crippen LogP contribution in [0.1, 0.15) is 20.8 Å². The molecule has 0 spiro atoms. The number of nitrogens with two attached hydrogens (primary N) is 1. The first-order chi connectivity index (χ1) is 10.7. The van der Waals surface area contributed by atoms with E-state index in [4.69, 9.17) is 39.9 Å². The molecule has 0 aromatic heterocycles. The average molecular weight is 437 g/mol. The Morgan fingerprint density at radius 3 is 2.25 bits per heavy atom. The molecule has 0 saturated heterocycles. The third kappa shape index (κ3) is 3.62. The van der Waals surface area contributed by atoms with Gasteiger partial charge in [0.2, 0.25) is 20.0 Å². The van der Waals surface area contributed by atoms with Gasteiger partial charge < -0.3 is 4.90 Å². The van der Waals surface area contributed by atoms with Crippen LogP contribution >= 0.6 is 34.8 Å². The monoisotopic (exact) mass is 435 g/mol. The fraction of sp³-hybridized carbons (Fsp3) is 0.500. The molecule has 1 atom stereocenters. The summed E-state index contributed by atoms with van der Waals surface area (Å²) in [4.78, 5) is -0.193. The number of sulfonamides is 2. The molecule has 24 heavy (non-hydrogen) atoms. The van der Waals surface area contributed by atoms with E-state index in [1.54, 1.807) is 4.90 Å². The van der Waals surface area contributed by atoms with E-state index in [0.717, 1.165) is 6.07 Å². The summed E-state index contributed by atoms with van der Waals surface area (Å²) in [7, 11) is -8.26. The summed E-state index contributed by atoms with van der Waals surface area (Å²) >= 11 is 17.9. The molecule has 1 heterocycles. The Morgan fingerprint density at radius 2 is 1.83 bits per heavy atom. The van der Waals surface area contributed by atoms with Crippen molar-refractivity contribution in [2.75, 3.05) is 4.90 Å². The molecule has 0 amide bonds. The summed E-state index contributed by atoms with van der Waals surface area (Å²) < 4.78 is 50.6. The summed E-state index contributed by atoms with van der Waals surface area (Å²) in [5, 5.41) is 4.90. The molecule has 1 aliphatic rings. The van der Waals surface area contributed by atoms with Gasteiger partial charge >= 0.3 is 0 Å². The molecule has 0 radical (unpaired) electrons. The lowest BCUT2D eigenvalue weighted by molar-refractivity contribution is 0.418. The highest BCUT2D eigenvalue weighted by Gasteiger charge is 2.43. The molecule has 0 aliphatic carbocycles. The van der Waals surface area contributed by atoms with Crippen LogP contribution in [0, 0.1) is 0 Å². The number of hydrogen-bond acceptors (Lipinski definition) is 5. The Balaban J connectivity index is 2.87. The molecule has 1 aliphatic heterocycles. The van der Waals surface area contributed by atoms with E-state index in [-0.39, 0.29) is 15.6 Å². The molecule has 1 aromatic carbocycles. The van der Waals surface area contributed by atoms with E-state index in [0.29, 0.717) is 0 Å². The number of nitrogens with one attached hydrogen (secondary N) is 1. The summed E-state index contributed by atoms with van der Waals surface area (Å²) in [6, 6.07) is 2.17. The van der Waals surface area contributed by atoms with Crippen molar-refractivity contribution in [3.05, 3.63) is 17.2 Å². The van der Waals surface area contributed by atoms with E-state index in [2.05, 4.69) is 4.72 Å². The Morgan fingerprint density at radius 1 is 1.29 bits per heavy atom. The van der Waals surface area contributed by atoms with Crippen molar-refractivity contribution in [2.45, 2.75) is 47.1 Å². The Bertz CT molecular complexity index is 880. The average Bonchev–Trinajstić information content (AvgIpc) is 2.33. The predicted molar refractivity (Wildman–Crippen MR) is 94.7 cm³/mol. The molecule has 3 N–H and O–H groups in total. The van der Waals surface area contributed by atoms with Crippen molar-refractivity contribution >= 4 is 60.5 Å². The minimum Gasteiger partial charge on any atom is -0.346 e. The zero-order valence-corrected chi connectivity index (χ0v) is 16.8. The van der Waals surface area contributed by atoms with Gasteiger partial charge in [-0.1, -0.05) is 11.6 Å². The van der Waals surface area contributed by atoms with Gasteiger partial charge in [0.25, 0.3) is 0 Å². The zero-order valence-electron chi connectivity index (χ0n) is 12.9. The lowest BCUT2D eigenvalue weighted by atomic mass is 10.0. The van der Waals surface area contributed by atoms with Crippen molar-refractivity contribution in [2.24, 2.45) is 5.14 Å². The summed E-state index contributed by atoms with van der Waals surface area (Å²) in [6.45, 7) is 5.46. The number of fused-ring (bicyclic) bond motifs is 1. The highest BCUT2D eigenvalue weighted by Crippen LogP contribution is 2.41. The molecule has 7 nitrogen and oxygen atoms in total. The van der Waals surface area contributed by atoms with Crippen LogP contribution in [0.4, 0.5) is 5.69 Å². The Hall–Kier alpha value is -0.290. The third-order valence-electron chi connectivity index (χ3n) is 3.38. The number of alkyl halides is 2. The summed E-state index contributed by atoms with van der Waals surface area (Å²) in [6.07, 6.45) is -0.956. The molecule has 0 bridgehead atoms. The van der Waals surface area contributed by atoms with Gasteiger partial charge in [0.1, 0.15) is 20.8 Å². The first-order valence-electron chi connectivity index (χ1n) is 6.62. The van der Waals surface area contributed by atoms with Gasteiger partial charge in [-0.25, -0.2) is 22.0 Å². The Labute approximate surface area is 156 Å². The van der Waals surface area contributed by atoms with E-state index >= 15 is 0 Å². The number of primary sulfonamides is 1. The maximum atomic E-state index is 12.5. The van der Waals surface area contributed by atoms with Gasteiger partial charge in [-0.15, -0.1) is 23.2 Å². The fourth-order valence-corrected chi connectivity index (χ4v) is 5.57. The first kappa shape index (κ1) is 20.0. The highest BCUT2D eigenvalue weighted by atomic mass is 35.5. The molecule has 136 valence electrons. The van der Waals surface area contributed by atoms with Crippen LogP contribution in [-0.2, 0) is 20.0 Å². The van der Waals surface area contributed by atoms with Crippen LogP contribution in [0.5, 0.6) is 0 Å². The first-order valence-corrected chi connectivity index (χ1v) is 10.9. The fourth-order valence-electron chi connectivity index (χ4n) is 2.51. The number of rotatable bonds is 2. The lowest BCUT2D eigenvalue weighted by Crippen LogP contribution is -2.61. The van der Waals surface area contributed by atoms with Crippen LogP contribution < -0.4 is 14.8 Å². The van der Waals surface area contributed by atoms with Gasteiger partial charge in [-0.3, -0.25) is 0 Å². The van der Waals surface area contributed by atoms with Crippen molar-refractivity contribution in [1.82, 2.24) is 4.72 Å². The van der Waals surface area contributed by atoms with Gasteiger partial charge in [0.05, 0.1) is 10.7 Å². The van der Waals surface area contributed by atoms with Crippen molar-refractivity contribution in [1.29, 1.82) is 0 Å². The molecule has 1 unspecified atom stereocenters. The third-order valence-corrected chi connectivity index (χ3v) is 6.70. The van der Waals surface area contributed by atoms with Crippen LogP contribution in [0.2, 0.25) is 5.02 Å². The minimum absolute atomic E-state index is 0.190. The van der Waals surface area contributed by atoms with E-state index in [1.165, 1.54) is 6.07 Å². The number of hydrogen-bond donors (Lipinski definition) is 2. The highest BCUT2D eigenvalue weighted by molar-refractivity contribution is 7.90. The molecule has 12 heteroatoms. The molecule has 1 aromatic rings. The van der Waals surface area contributed by atoms with Gasteiger partial charge in [-0.2, -0.15) is 4.72 Å². The molecular formula is C12H16Cl3N3O4S2. The van der Waals surface area contributed by atoms with E-state index in [9.17, 15) is 16.8 Å². The van der Waals surface area contributed by atoms with Crippen LogP contribution in [0.25, 0.3) is 0 Å². The largest absolute Gasteiger partial charge is 0.346 e. The smallest absolute Gasteiger partial charge is 0.244 e. The van der Waals surface area contributed by atoms with E-state index in [1.807, 2.05) is 20.8 Å². The Kier molecular flexibility index (Phi) is 5.13. The normalized spacial score (nSPS) is 21.0. The second kappa shape index (κ2) is 6.15. The second-order valence-corrected chi connectivity index (χ2v) is 11.0. The van der Waals surface area contributed by atoms with Crippen LogP contribution in [-0.4, -0.2) is 33.4 Å². The standard InChI is InChI=1S/C12H16Cl3N3O4S2/c1-12(2,3)18-7-4-6(13)8(23(16,19)20)5-9(7)24(21,22)17-11(18)10(14)15/h4-5,10-11,17H,1-3H3,(H2,16,19,20). The number of anilines is 1. The molecule has 0 fully saturated rings. The molecule has 0 saturated carbocycles. The number of nitrogens with zero attached hydrogens (tertiary/aromatic N) is 1. The second-order valence-electron chi connectivity index (χ2n) is 6.24. The maximum absolute atomic E-state index is 12.5. The molecular weight excluding hydrogens is 421 g/mol. The van der Waals surface area contributed by atoms with Crippen molar-refractivity contribution < 1.29 is 16.8 Å². The lowest BCUT2D eigenvalue weighted by Gasteiger charge is -2.47. The van der Waals surface area contributed by atoms with Crippen LogP contribution in [0.3, 0.4) is 0 Å².